The Labute approximate surface area is 156 Å². The van der Waals surface area contributed by atoms with E-state index in [1.54, 1.807) is 35.0 Å². The first-order valence-corrected chi connectivity index (χ1v) is 9.11. The van der Waals surface area contributed by atoms with E-state index in [9.17, 15) is 19.5 Å². The Kier molecular flexibility index (Phi) is 4.20. The van der Waals surface area contributed by atoms with Crippen LogP contribution >= 0.6 is 0 Å². The van der Waals surface area contributed by atoms with Gasteiger partial charge in [0.2, 0.25) is 5.91 Å². The van der Waals surface area contributed by atoms with Gasteiger partial charge in [0, 0.05) is 32.1 Å². The van der Waals surface area contributed by atoms with Crippen LogP contribution in [0.4, 0.5) is 0 Å². The van der Waals surface area contributed by atoms with Crippen molar-refractivity contribution in [3.05, 3.63) is 23.8 Å². The molecule has 3 heterocycles. The number of nitrogens with zero attached hydrogens (tertiary/aromatic N) is 2. The summed E-state index contributed by atoms with van der Waals surface area (Å²) in [6.07, 6.45) is 0.951. The molecule has 8 heteroatoms. The van der Waals surface area contributed by atoms with Crippen LogP contribution in [0.5, 0.6) is 11.5 Å². The molecule has 1 N–H and O–H groups in total. The van der Waals surface area contributed by atoms with Gasteiger partial charge in [-0.3, -0.25) is 14.4 Å². The van der Waals surface area contributed by atoms with E-state index in [4.69, 9.17) is 9.47 Å². The minimum Gasteiger partial charge on any atom is -0.486 e. The molecule has 0 bridgehead atoms. The van der Waals surface area contributed by atoms with Gasteiger partial charge in [0.1, 0.15) is 13.2 Å². The molecule has 144 valence electrons. The zero-order valence-electron chi connectivity index (χ0n) is 15.1. The fourth-order valence-electron chi connectivity index (χ4n) is 4.44. The topological polar surface area (TPSA) is 96.4 Å². The van der Waals surface area contributed by atoms with Crippen molar-refractivity contribution < 1.29 is 29.0 Å². The number of carboxylic acid groups (broad SMARTS) is 1. The molecule has 3 aliphatic rings. The van der Waals surface area contributed by atoms with Crippen molar-refractivity contribution in [1.82, 2.24) is 9.80 Å². The first-order chi connectivity index (χ1) is 12.9. The maximum atomic E-state index is 12.9. The Bertz CT molecular complexity index is 799. The molecule has 1 atom stereocenters. The first-order valence-electron chi connectivity index (χ1n) is 9.11. The third-order valence-electron chi connectivity index (χ3n) is 6.07. The van der Waals surface area contributed by atoms with E-state index in [0.717, 1.165) is 0 Å². The SMILES string of the molecule is CN1C(=O)CC(C(=O)O)C12CCN(C(=O)c1ccc3c(c1)OCCO3)CC2. The third-order valence-corrected chi connectivity index (χ3v) is 6.07. The van der Waals surface area contributed by atoms with Gasteiger partial charge in [-0.2, -0.15) is 0 Å². The van der Waals surface area contributed by atoms with E-state index >= 15 is 0 Å². The summed E-state index contributed by atoms with van der Waals surface area (Å²) < 4.78 is 11.0. The minimum absolute atomic E-state index is 0.0297. The van der Waals surface area contributed by atoms with Crippen LogP contribution < -0.4 is 9.47 Å². The van der Waals surface area contributed by atoms with Crippen LogP contribution in [-0.2, 0) is 9.59 Å². The lowest BCUT2D eigenvalue weighted by Gasteiger charge is -2.45. The van der Waals surface area contributed by atoms with Crippen molar-refractivity contribution in [3.63, 3.8) is 0 Å². The predicted molar refractivity (Wildman–Crippen MR) is 93.8 cm³/mol. The van der Waals surface area contributed by atoms with Crippen molar-refractivity contribution in [1.29, 1.82) is 0 Å². The Morgan fingerprint density at radius 1 is 1.15 bits per heavy atom. The number of aliphatic carboxylic acids is 1. The van der Waals surface area contributed by atoms with Crippen molar-refractivity contribution in [2.75, 3.05) is 33.4 Å². The molecule has 0 aliphatic carbocycles. The molecule has 0 saturated carbocycles. The largest absolute Gasteiger partial charge is 0.486 e. The smallest absolute Gasteiger partial charge is 0.309 e. The van der Waals surface area contributed by atoms with Gasteiger partial charge in [0.15, 0.2) is 11.5 Å². The van der Waals surface area contributed by atoms with Crippen LogP contribution in [0.25, 0.3) is 0 Å². The van der Waals surface area contributed by atoms with Crippen molar-refractivity contribution >= 4 is 17.8 Å². The molecule has 3 aliphatic heterocycles. The van der Waals surface area contributed by atoms with Crippen molar-refractivity contribution in [2.45, 2.75) is 24.8 Å². The molecule has 1 aromatic carbocycles. The number of carboxylic acids is 1. The second-order valence-electron chi connectivity index (χ2n) is 7.30. The highest BCUT2D eigenvalue weighted by atomic mass is 16.6. The standard InChI is InChI=1S/C19H22N2O6/c1-20-16(22)11-13(18(24)25)19(20)4-6-21(7-5-19)17(23)12-2-3-14-15(10-12)27-9-8-26-14/h2-3,10,13H,4-9,11H2,1H3,(H,24,25). The summed E-state index contributed by atoms with van der Waals surface area (Å²) in [6.45, 7) is 1.77. The Morgan fingerprint density at radius 2 is 1.81 bits per heavy atom. The summed E-state index contributed by atoms with van der Waals surface area (Å²) in [5.74, 6) is -0.742. The molecule has 2 fully saturated rings. The molecule has 8 nitrogen and oxygen atoms in total. The van der Waals surface area contributed by atoms with Crippen LogP contribution in [0.3, 0.4) is 0 Å². The minimum atomic E-state index is -0.945. The van der Waals surface area contributed by atoms with Gasteiger partial charge in [0.25, 0.3) is 5.91 Å². The lowest BCUT2D eigenvalue weighted by Crippen LogP contribution is -2.56. The van der Waals surface area contributed by atoms with Crippen LogP contribution in [0.15, 0.2) is 18.2 Å². The normalized spacial score (nSPS) is 23.6. The number of amides is 2. The van der Waals surface area contributed by atoms with E-state index < -0.39 is 17.4 Å². The molecular weight excluding hydrogens is 352 g/mol. The monoisotopic (exact) mass is 374 g/mol. The van der Waals surface area contributed by atoms with Crippen molar-refractivity contribution in [3.8, 4) is 11.5 Å². The summed E-state index contributed by atoms with van der Waals surface area (Å²) in [6, 6.07) is 5.13. The lowest BCUT2D eigenvalue weighted by molar-refractivity contribution is -0.145. The first kappa shape index (κ1) is 17.6. The number of ether oxygens (including phenoxy) is 2. The third kappa shape index (κ3) is 2.79. The van der Waals surface area contributed by atoms with E-state index in [1.165, 1.54) is 0 Å². The fourth-order valence-corrected chi connectivity index (χ4v) is 4.44. The number of rotatable bonds is 2. The molecule has 4 rings (SSSR count). The summed E-state index contributed by atoms with van der Waals surface area (Å²) in [7, 11) is 1.67. The predicted octanol–water partition coefficient (Wildman–Crippen LogP) is 0.995. The van der Waals surface area contributed by atoms with Crippen molar-refractivity contribution in [2.24, 2.45) is 5.92 Å². The molecule has 27 heavy (non-hydrogen) atoms. The summed E-state index contributed by atoms with van der Waals surface area (Å²) in [5.41, 5.74) is -0.187. The average Bonchev–Trinajstić information content (AvgIpc) is 2.93. The van der Waals surface area contributed by atoms with Gasteiger partial charge >= 0.3 is 5.97 Å². The van der Waals surface area contributed by atoms with Gasteiger partial charge in [-0.05, 0) is 31.0 Å². The Morgan fingerprint density at radius 3 is 2.48 bits per heavy atom. The second kappa shape index (κ2) is 6.44. The lowest BCUT2D eigenvalue weighted by atomic mass is 9.77. The molecule has 1 aromatic rings. The second-order valence-corrected chi connectivity index (χ2v) is 7.30. The molecule has 1 unspecified atom stereocenters. The number of hydrogen-bond acceptors (Lipinski definition) is 5. The molecule has 0 radical (unpaired) electrons. The van der Waals surface area contributed by atoms with E-state index in [0.29, 0.717) is 56.2 Å². The quantitative estimate of drug-likeness (QED) is 0.830. The summed E-state index contributed by atoms with van der Waals surface area (Å²) in [5, 5.41) is 9.55. The average molecular weight is 374 g/mol. The number of fused-ring (bicyclic) bond motifs is 1. The maximum Gasteiger partial charge on any atom is 0.309 e. The van der Waals surface area contributed by atoms with Gasteiger partial charge in [-0.1, -0.05) is 0 Å². The zero-order valence-corrected chi connectivity index (χ0v) is 15.1. The van der Waals surface area contributed by atoms with Crippen LogP contribution in [0.1, 0.15) is 29.6 Å². The molecule has 2 saturated heterocycles. The van der Waals surface area contributed by atoms with Crippen LogP contribution in [0, 0.1) is 5.92 Å². The van der Waals surface area contributed by atoms with Gasteiger partial charge < -0.3 is 24.4 Å². The van der Waals surface area contributed by atoms with Crippen LogP contribution in [-0.4, -0.2) is 71.6 Å². The fraction of sp³-hybridized carbons (Fsp3) is 0.526. The van der Waals surface area contributed by atoms with E-state index in [-0.39, 0.29) is 18.2 Å². The van der Waals surface area contributed by atoms with Gasteiger partial charge in [0.05, 0.1) is 11.5 Å². The van der Waals surface area contributed by atoms with Gasteiger partial charge in [-0.25, -0.2) is 0 Å². The van der Waals surface area contributed by atoms with Crippen LogP contribution in [0.2, 0.25) is 0 Å². The summed E-state index contributed by atoms with van der Waals surface area (Å²) >= 11 is 0. The highest BCUT2D eigenvalue weighted by Crippen LogP contribution is 2.43. The van der Waals surface area contributed by atoms with E-state index in [2.05, 4.69) is 0 Å². The maximum absolute atomic E-state index is 12.9. The molecule has 1 spiro atoms. The number of carbonyl (C=O) groups is 3. The van der Waals surface area contributed by atoms with Gasteiger partial charge in [-0.15, -0.1) is 0 Å². The molecule has 2 amide bonds. The number of benzene rings is 1. The number of hydrogen-bond donors (Lipinski definition) is 1. The Balaban J connectivity index is 1.50. The number of piperidine rings is 1. The number of carbonyl (C=O) groups excluding carboxylic acids is 2. The highest BCUT2D eigenvalue weighted by Gasteiger charge is 2.55. The Hall–Kier alpha value is -2.77. The highest BCUT2D eigenvalue weighted by molar-refractivity contribution is 5.95. The molecule has 0 aromatic heterocycles. The van der Waals surface area contributed by atoms with E-state index in [1.807, 2.05) is 0 Å². The molecular formula is C19H22N2O6. The zero-order chi connectivity index (χ0) is 19.2. The summed E-state index contributed by atoms with van der Waals surface area (Å²) in [4.78, 5) is 39.9. The number of likely N-dealkylation sites (tertiary alicyclic amines) is 2.